The summed E-state index contributed by atoms with van der Waals surface area (Å²) < 4.78 is 35.8. The molecule has 1 aromatic rings. The number of unbranched alkanes of at least 4 members (excludes halogenated alkanes) is 1. The molecule has 0 aliphatic rings. The van der Waals surface area contributed by atoms with Gasteiger partial charge in [0.05, 0.1) is 8.07 Å². The Morgan fingerprint density at radius 2 is 1.60 bits per heavy atom. The lowest BCUT2D eigenvalue weighted by Crippen LogP contribution is -2.37. The molecule has 0 saturated carbocycles. The van der Waals surface area contributed by atoms with Gasteiger partial charge in [0.1, 0.15) is 0 Å². The number of hydrogen-bond donors (Lipinski definition) is 1. The van der Waals surface area contributed by atoms with Crippen molar-refractivity contribution in [1.82, 2.24) is 5.32 Å². The van der Waals surface area contributed by atoms with E-state index in [-0.39, 0.29) is 6.42 Å². The molecular formula is C15H24F3NSi. The maximum absolute atomic E-state index is 11.9. The van der Waals surface area contributed by atoms with Crippen LogP contribution < -0.4 is 10.5 Å². The van der Waals surface area contributed by atoms with Crippen LogP contribution in [0.4, 0.5) is 13.2 Å². The van der Waals surface area contributed by atoms with E-state index in [9.17, 15) is 13.2 Å². The van der Waals surface area contributed by atoms with E-state index < -0.39 is 20.7 Å². The van der Waals surface area contributed by atoms with Crippen molar-refractivity contribution in [1.29, 1.82) is 0 Å². The molecule has 0 aromatic heterocycles. The molecule has 1 nitrogen and oxygen atoms in total. The molecule has 0 aliphatic carbocycles. The van der Waals surface area contributed by atoms with Gasteiger partial charge in [-0.1, -0.05) is 49.1 Å². The quantitative estimate of drug-likeness (QED) is 0.592. The maximum Gasteiger partial charge on any atom is 0.389 e. The maximum atomic E-state index is 11.9. The highest BCUT2D eigenvalue weighted by molar-refractivity contribution is 6.88. The first-order chi connectivity index (χ1) is 9.18. The van der Waals surface area contributed by atoms with E-state index in [0.29, 0.717) is 13.0 Å². The second-order valence-electron chi connectivity index (χ2n) is 6.20. The van der Waals surface area contributed by atoms with Crippen molar-refractivity contribution in [2.75, 3.05) is 6.54 Å². The van der Waals surface area contributed by atoms with E-state index in [1.165, 1.54) is 10.8 Å². The predicted octanol–water partition coefficient (Wildman–Crippen LogP) is 4.05. The Balaban J connectivity index is 2.23. The minimum Gasteiger partial charge on any atom is -0.313 e. The zero-order valence-electron chi connectivity index (χ0n) is 12.5. The molecule has 0 unspecified atom stereocenters. The highest BCUT2D eigenvalue weighted by Crippen LogP contribution is 2.21. The molecule has 114 valence electrons. The molecule has 0 radical (unpaired) electrons. The summed E-state index contributed by atoms with van der Waals surface area (Å²) in [6.45, 7) is 8.27. The van der Waals surface area contributed by atoms with Crippen LogP contribution in [0.3, 0.4) is 0 Å². The number of alkyl halides is 3. The second kappa shape index (κ2) is 7.27. The van der Waals surface area contributed by atoms with Crippen molar-refractivity contribution in [3.8, 4) is 0 Å². The van der Waals surface area contributed by atoms with Gasteiger partial charge >= 0.3 is 6.18 Å². The molecule has 0 fully saturated rings. The van der Waals surface area contributed by atoms with E-state index in [1.807, 2.05) is 0 Å². The highest BCUT2D eigenvalue weighted by Gasteiger charge is 2.25. The number of halogens is 3. The lowest BCUT2D eigenvalue weighted by molar-refractivity contribution is -0.135. The molecule has 0 amide bonds. The zero-order valence-corrected chi connectivity index (χ0v) is 13.5. The van der Waals surface area contributed by atoms with Gasteiger partial charge in [0.15, 0.2) is 0 Å². The van der Waals surface area contributed by atoms with Crippen LogP contribution in [0.15, 0.2) is 24.3 Å². The lowest BCUT2D eigenvalue weighted by atomic mass is 10.2. The average Bonchev–Trinajstić information content (AvgIpc) is 2.32. The molecule has 0 bridgehead atoms. The first kappa shape index (κ1) is 17.2. The van der Waals surface area contributed by atoms with Gasteiger partial charge in [-0.05, 0) is 24.9 Å². The molecule has 0 spiro atoms. The van der Waals surface area contributed by atoms with Gasteiger partial charge in [0, 0.05) is 13.0 Å². The molecule has 0 aliphatic heterocycles. The van der Waals surface area contributed by atoms with E-state index in [1.54, 1.807) is 0 Å². The molecule has 5 heteroatoms. The van der Waals surface area contributed by atoms with E-state index in [4.69, 9.17) is 0 Å². The second-order valence-corrected chi connectivity index (χ2v) is 11.3. The van der Waals surface area contributed by atoms with Crippen LogP contribution in [0.25, 0.3) is 0 Å². The summed E-state index contributed by atoms with van der Waals surface area (Å²) in [7, 11) is -1.25. The summed E-state index contributed by atoms with van der Waals surface area (Å²) in [6, 6.07) is 8.56. The largest absolute Gasteiger partial charge is 0.389 e. The monoisotopic (exact) mass is 303 g/mol. The molecular weight excluding hydrogens is 279 g/mol. The lowest BCUT2D eigenvalue weighted by Gasteiger charge is -2.16. The molecule has 0 saturated heterocycles. The number of benzene rings is 1. The van der Waals surface area contributed by atoms with Gasteiger partial charge in [-0.3, -0.25) is 0 Å². The highest BCUT2D eigenvalue weighted by atomic mass is 28.3. The van der Waals surface area contributed by atoms with Gasteiger partial charge in [-0.2, -0.15) is 13.2 Å². The predicted molar refractivity (Wildman–Crippen MR) is 81.0 cm³/mol. The minimum atomic E-state index is -4.02. The van der Waals surface area contributed by atoms with Crippen LogP contribution in [0, 0.1) is 0 Å². The molecule has 1 N–H and O–H groups in total. The zero-order chi connectivity index (χ0) is 15.2. The summed E-state index contributed by atoms with van der Waals surface area (Å²) in [6.07, 6.45) is -3.94. The summed E-state index contributed by atoms with van der Waals surface area (Å²) in [5.41, 5.74) is 1.18. The van der Waals surface area contributed by atoms with Crippen molar-refractivity contribution in [3.63, 3.8) is 0 Å². The van der Waals surface area contributed by atoms with Gasteiger partial charge in [0.25, 0.3) is 0 Å². The van der Waals surface area contributed by atoms with Crippen LogP contribution >= 0.6 is 0 Å². The summed E-state index contributed by atoms with van der Waals surface area (Å²) in [4.78, 5) is 0. The van der Waals surface area contributed by atoms with Crippen molar-refractivity contribution in [3.05, 3.63) is 29.8 Å². The SMILES string of the molecule is C[Si](C)(C)c1ccc(CNCCCCC(F)(F)F)cc1. The fraction of sp³-hybridized carbons (Fsp3) is 0.600. The van der Waals surface area contributed by atoms with Crippen LogP contribution in [0.1, 0.15) is 24.8 Å². The Hall–Kier alpha value is -0.813. The van der Waals surface area contributed by atoms with Crippen LogP contribution in [-0.4, -0.2) is 20.8 Å². The smallest absolute Gasteiger partial charge is 0.313 e. The van der Waals surface area contributed by atoms with Gasteiger partial charge in [-0.15, -0.1) is 0 Å². The normalized spacial score (nSPS) is 12.7. The van der Waals surface area contributed by atoms with E-state index in [0.717, 1.165) is 6.54 Å². The first-order valence-electron chi connectivity index (χ1n) is 7.05. The Morgan fingerprint density at radius 1 is 1.00 bits per heavy atom. The summed E-state index contributed by atoms with van der Waals surface area (Å²) >= 11 is 0. The fourth-order valence-corrected chi connectivity index (χ4v) is 3.10. The van der Waals surface area contributed by atoms with Crippen LogP contribution in [-0.2, 0) is 6.54 Å². The van der Waals surface area contributed by atoms with E-state index >= 15 is 0 Å². The van der Waals surface area contributed by atoms with Crippen molar-refractivity contribution < 1.29 is 13.2 Å². The van der Waals surface area contributed by atoms with Crippen LogP contribution in [0.5, 0.6) is 0 Å². The number of rotatable bonds is 7. The fourth-order valence-electron chi connectivity index (χ4n) is 1.93. The first-order valence-corrected chi connectivity index (χ1v) is 10.6. The third-order valence-electron chi connectivity index (χ3n) is 3.21. The topological polar surface area (TPSA) is 12.0 Å². The number of hydrogen-bond acceptors (Lipinski definition) is 1. The Bertz CT molecular complexity index is 393. The molecule has 20 heavy (non-hydrogen) atoms. The standard InChI is InChI=1S/C15H24F3NSi/c1-20(2,3)14-8-6-13(7-9-14)12-19-11-5-4-10-15(16,17)18/h6-9,19H,4-5,10-12H2,1-3H3. The van der Waals surface area contributed by atoms with Gasteiger partial charge < -0.3 is 5.32 Å². The minimum absolute atomic E-state index is 0.199. The summed E-state index contributed by atoms with van der Waals surface area (Å²) in [5.74, 6) is 0. The van der Waals surface area contributed by atoms with Crippen LogP contribution in [0.2, 0.25) is 19.6 Å². The Kier molecular flexibility index (Phi) is 6.26. The third kappa shape index (κ3) is 7.10. The van der Waals surface area contributed by atoms with Gasteiger partial charge in [-0.25, -0.2) is 0 Å². The molecule has 1 aromatic carbocycles. The molecule has 0 atom stereocenters. The van der Waals surface area contributed by atoms with Gasteiger partial charge in [0.2, 0.25) is 0 Å². The van der Waals surface area contributed by atoms with Crippen molar-refractivity contribution >= 4 is 13.3 Å². The average molecular weight is 303 g/mol. The number of nitrogens with one attached hydrogen (secondary N) is 1. The Labute approximate surface area is 120 Å². The van der Waals surface area contributed by atoms with E-state index in [2.05, 4.69) is 49.2 Å². The third-order valence-corrected chi connectivity index (χ3v) is 5.28. The summed E-state index contributed by atoms with van der Waals surface area (Å²) in [5, 5.41) is 4.61. The molecule has 0 heterocycles. The molecule has 1 rings (SSSR count). The Morgan fingerprint density at radius 3 is 2.10 bits per heavy atom. The van der Waals surface area contributed by atoms with Crippen molar-refractivity contribution in [2.45, 2.75) is 51.6 Å². The van der Waals surface area contributed by atoms with Crippen molar-refractivity contribution in [2.24, 2.45) is 0 Å².